The van der Waals surface area contributed by atoms with Crippen LogP contribution >= 0.6 is 11.3 Å². The molecule has 0 bridgehead atoms. The lowest BCUT2D eigenvalue weighted by atomic mass is 9.88. The summed E-state index contributed by atoms with van der Waals surface area (Å²) < 4.78 is 6.45. The van der Waals surface area contributed by atoms with Crippen molar-refractivity contribution in [3.05, 3.63) is 23.7 Å². The molecule has 1 aliphatic heterocycles. The number of hydrogen-bond acceptors (Lipinski definition) is 12. The van der Waals surface area contributed by atoms with Gasteiger partial charge in [-0.3, -0.25) is 9.88 Å². The van der Waals surface area contributed by atoms with Gasteiger partial charge in [-0.05, 0) is 40.2 Å². The Labute approximate surface area is 226 Å². The number of aromatic nitrogens is 4. The first-order chi connectivity index (χ1) is 18.1. The number of aliphatic hydroxyl groups excluding tert-OH is 2. The number of thiazole rings is 1. The summed E-state index contributed by atoms with van der Waals surface area (Å²) in [5, 5.41) is 39.6. The molecule has 0 radical (unpaired) electrons. The number of aryl methyl sites for hydroxylation is 2. The molecule has 38 heavy (non-hydrogen) atoms. The van der Waals surface area contributed by atoms with Crippen molar-refractivity contribution in [2.45, 2.75) is 58.0 Å². The summed E-state index contributed by atoms with van der Waals surface area (Å²) >= 11 is 1.54. The van der Waals surface area contributed by atoms with E-state index in [1.54, 1.807) is 20.0 Å². The standard InChI is InChI=1S/C26H37N7O4S/c1-14-19(24-31-20-15(2)27-6-5-18(20)38-24)23(30-17-13-16(26(3,4)36)21(34)22(17)35)32-25(29-14)28-7-8-33-9-11-37-12-10-33/h5-6,16-17,21-22,34-36H,7-13H2,1-4H3,(H2,28,29,30,32)/t16-,17+,21+,22-/m0/s1. The van der Waals surface area contributed by atoms with E-state index in [0.29, 0.717) is 24.7 Å². The molecule has 4 heterocycles. The molecule has 0 aromatic carbocycles. The Hall–Kier alpha value is -2.48. The van der Waals surface area contributed by atoms with Crippen LogP contribution in [0.1, 0.15) is 31.7 Å². The molecule has 5 N–H and O–H groups in total. The van der Waals surface area contributed by atoms with Gasteiger partial charge in [0.1, 0.15) is 22.4 Å². The van der Waals surface area contributed by atoms with Gasteiger partial charge < -0.3 is 30.7 Å². The number of ether oxygens (including phenoxy) is 1. The third-order valence-electron chi connectivity index (χ3n) is 7.52. The molecule has 0 amide bonds. The number of nitrogens with zero attached hydrogens (tertiary/aromatic N) is 5. The molecule has 2 fully saturated rings. The minimum Gasteiger partial charge on any atom is -0.390 e. The van der Waals surface area contributed by atoms with Gasteiger partial charge in [-0.1, -0.05) is 0 Å². The highest BCUT2D eigenvalue weighted by atomic mass is 32.1. The second-order valence-electron chi connectivity index (χ2n) is 10.7. The maximum atomic E-state index is 10.9. The van der Waals surface area contributed by atoms with Gasteiger partial charge in [-0.25, -0.2) is 9.97 Å². The Morgan fingerprint density at radius 1 is 1.11 bits per heavy atom. The minimum absolute atomic E-state index is 0.386. The molecule has 1 saturated carbocycles. The van der Waals surface area contributed by atoms with E-state index in [1.807, 2.05) is 19.9 Å². The Morgan fingerprint density at radius 3 is 2.55 bits per heavy atom. The maximum Gasteiger partial charge on any atom is 0.224 e. The number of hydrogen-bond donors (Lipinski definition) is 5. The topological polar surface area (TPSA) is 149 Å². The molecule has 0 unspecified atom stereocenters. The third kappa shape index (κ3) is 5.61. The number of nitrogens with one attached hydrogen (secondary N) is 2. The highest BCUT2D eigenvalue weighted by Gasteiger charge is 2.48. The summed E-state index contributed by atoms with van der Waals surface area (Å²) in [4.78, 5) is 21.1. The normalized spacial score (nSPS) is 24.7. The summed E-state index contributed by atoms with van der Waals surface area (Å²) in [6.07, 6.45) is 0.0449. The van der Waals surface area contributed by atoms with E-state index in [-0.39, 0.29) is 0 Å². The maximum absolute atomic E-state index is 10.9. The number of rotatable bonds is 8. The van der Waals surface area contributed by atoms with Gasteiger partial charge in [-0.2, -0.15) is 4.98 Å². The zero-order valence-electron chi connectivity index (χ0n) is 22.3. The van der Waals surface area contributed by atoms with Gasteiger partial charge in [0.25, 0.3) is 0 Å². The summed E-state index contributed by atoms with van der Waals surface area (Å²) in [5.74, 6) is 0.528. The molecular formula is C26H37N7O4S. The number of anilines is 2. The first kappa shape index (κ1) is 27.1. The van der Waals surface area contributed by atoms with Crippen molar-refractivity contribution in [3.63, 3.8) is 0 Å². The van der Waals surface area contributed by atoms with Crippen molar-refractivity contribution >= 4 is 33.3 Å². The molecule has 206 valence electrons. The van der Waals surface area contributed by atoms with Crippen LogP contribution < -0.4 is 10.6 Å². The monoisotopic (exact) mass is 543 g/mol. The van der Waals surface area contributed by atoms with Gasteiger partial charge in [0.15, 0.2) is 0 Å². The average molecular weight is 544 g/mol. The lowest BCUT2D eigenvalue weighted by Gasteiger charge is -2.28. The van der Waals surface area contributed by atoms with Crippen molar-refractivity contribution in [2.24, 2.45) is 5.92 Å². The molecule has 4 atom stereocenters. The van der Waals surface area contributed by atoms with Gasteiger partial charge >= 0.3 is 0 Å². The number of fused-ring (bicyclic) bond motifs is 1. The van der Waals surface area contributed by atoms with Crippen LogP contribution in [0.5, 0.6) is 0 Å². The quantitative estimate of drug-likeness (QED) is 0.283. The number of morpholine rings is 1. The van der Waals surface area contributed by atoms with E-state index < -0.39 is 29.8 Å². The molecule has 3 aromatic heterocycles. The molecule has 2 aliphatic rings. The zero-order chi connectivity index (χ0) is 27.0. The van der Waals surface area contributed by atoms with Crippen molar-refractivity contribution < 1.29 is 20.1 Å². The fourth-order valence-corrected chi connectivity index (χ4v) is 6.42. The fourth-order valence-electron chi connectivity index (χ4n) is 5.31. The van der Waals surface area contributed by atoms with Crippen LogP contribution in [0.15, 0.2) is 12.3 Å². The molecule has 3 aromatic rings. The Kier molecular flexibility index (Phi) is 7.81. The zero-order valence-corrected chi connectivity index (χ0v) is 23.1. The highest BCUT2D eigenvalue weighted by molar-refractivity contribution is 7.21. The number of pyridine rings is 1. The third-order valence-corrected chi connectivity index (χ3v) is 8.56. The van der Waals surface area contributed by atoms with Crippen LogP contribution in [0.25, 0.3) is 20.8 Å². The van der Waals surface area contributed by atoms with E-state index in [1.165, 1.54) is 11.3 Å². The Bertz CT molecular complexity index is 1270. The lowest BCUT2D eigenvalue weighted by Crippen LogP contribution is -2.40. The fraction of sp³-hybridized carbons (Fsp3) is 0.615. The number of aliphatic hydroxyl groups is 3. The van der Waals surface area contributed by atoms with Crippen LogP contribution in [0.4, 0.5) is 11.8 Å². The summed E-state index contributed by atoms with van der Waals surface area (Å²) in [7, 11) is 0. The molecule has 11 nitrogen and oxygen atoms in total. The van der Waals surface area contributed by atoms with E-state index in [2.05, 4.69) is 20.5 Å². The molecule has 1 saturated heterocycles. The molecular weight excluding hydrogens is 506 g/mol. The summed E-state index contributed by atoms with van der Waals surface area (Å²) in [6.45, 7) is 12.0. The van der Waals surface area contributed by atoms with Gasteiger partial charge in [-0.15, -0.1) is 11.3 Å². The van der Waals surface area contributed by atoms with Crippen LogP contribution in [-0.2, 0) is 4.74 Å². The second kappa shape index (κ2) is 10.9. The summed E-state index contributed by atoms with van der Waals surface area (Å²) in [5.41, 5.74) is 2.04. The van der Waals surface area contributed by atoms with E-state index >= 15 is 0 Å². The van der Waals surface area contributed by atoms with Crippen molar-refractivity contribution in [3.8, 4) is 10.6 Å². The van der Waals surface area contributed by atoms with E-state index in [0.717, 1.165) is 65.0 Å². The van der Waals surface area contributed by atoms with Crippen LogP contribution in [-0.4, -0.2) is 103 Å². The van der Waals surface area contributed by atoms with Crippen molar-refractivity contribution in [1.29, 1.82) is 0 Å². The molecule has 1 aliphatic carbocycles. The van der Waals surface area contributed by atoms with E-state index in [9.17, 15) is 15.3 Å². The van der Waals surface area contributed by atoms with Crippen LogP contribution in [0, 0.1) is 19.8 Å². The van der Waals surface area contributed by atoms with Crippen LogP contribution in [0.2, 0.25) is 0 Å². The smallest absolute Gasteiger partial charge is 0.224 e. The van der Waals surface area contributed by atoms with Crippen molar-refractivity contribution in [1.82, 2.24) is 24.8 Å². The van der Waals surface area contributed by atoms with Gasteiger partial charge in [0.05, 0.1) is 52.6 Å². The first-order valence-corrected chi connectivity index (χ1v) is 13.9. The molecule has 12 heteroatoms. The predicted octanol–water partition coefficient (Wildman–Crippen LogP) is 1.80. The molecule has 0 spiro atoms. The minimum atomic E-state index is -1.13. The SMILES string of the molecule is Cc1nc(NCCN2CCOCC2)nc(N[C@@H]2C[C@H](C(C)(C)O)[C@@H](O)[C@H]2O)c1-c1nc2c(C)nccc2s1. The van der Waals surface area contributed by atoms with Gasteiger partial charge in [0.2, 0.25) is 5.95 Å². The Balaban J connectivity index is 1.46. The predicted molar refractivity (Wildman–Crippen MR) is 147 cm³/mol. The summed E-state index contributed by atoms with van der Waals surface area (Å²) in [6, 6.07) is 1.44. The van der Waals surface area contributed by atoms with Crippen molar-refractivity contribution in [2.75, 3.05) is 50.0 Å². The van der Waals surface area contributed by atoms with Gasteiger partial charge in [0, 0.05) is 38.3 Å². The second-order valence-corrected chi connectivity index (χ2v) is 11.8. The first-order valence-electron chi connectivity index (χ1n) is 13.1. The molecule has 5 rings (SSSR count). The average Bonchev–Trinajstić information content (AvgIpc) is 3.42. The Morgan fingerprint density at radius 2 is 1.87 bits per heavy atom. The lowest BCUT2D eigenvalue weighted by molar-refractivity contribution is -0.0601. The highest BCUT2D eigenvalue weighted by Crippen LogP contribution is 2.40. The van der Waals surface area contributed by atoms with E-state index in [4.69, 9.17) is 19.7 Å². The van der Waals surface area contributed by atoms with Crippen LogP contribution in [0.3, 0.4) is 0 Å². The largest absolute Gasteiger partial charge is 0.390 e.